The molecule has 4 aromatic rings. The van der Waals surface area contributed by atoms with Crippen LogP contribution in [0.5, 0.6) is 5.75 Å². The Morgan fingerprint density at radius 1 is 1.11 bits per heavy atom. The van der Waals surface area contributed by atoms with Crippen LogP contribution in [0.1, 0.15) is 46.6 Å². The van der Waals surface area contributed by atoms with Gasteiger partial charge < -0.3 is 10.1 Å². The molecule has 2 aromatic carbocycles. The summed E-state index contributed by atoms with van der Waals surface area (Å²) in [7, 11) is -1.51. The van der Waals surface area contributed by atoms with Crippen molar-refractivity contribution in [2.45, 2.75) is 39.3 Å². The molecule has 8 nitrogen and oxygen atoms in total. The number of sulfone groups is 1. The number of hydrogen-bond acceptors (Lipinski definition) is 6. The average Bonchev–Trinajstić information content (AvgIpc) is 3.45. The predicted octanol–water partition coefficient (Wildman–Crippen LogP) is 4.27. The van der Waals surface area contributed by atoms with Gasteiger partial charge >= 0.3 is 0 Å². The number of pyridine rings is 1. The van der Waals surface area contributed by atoms with Gasteiger partial charge in [-0.3, -0.25) is 4.79 Å². The highest BCUT2D eigenvalue weighted by atomic mass is 32.2. The third kappa shape index (κ3) is 5.09. The van der Waals surface area contributed by atoms with Gasteiger partial charge in [0.15, 0.2) is 15.5 Å². The summed E-state index contributed by atoms with van der Waals surface area (Å²) < 4.78 is 31.3. The van der Waals surface area contributed by atoms with E-state index in [4.69, 9.17) is 9.72 Å². The summed E-state index contributed by atoms with van der Waals surface area (Å²) in [4.78, 5) is 18.4. The Morgan fingerprint density at radius 2 is 1.81 bits per heavy atom. The predicted molar refractivity (Wildman–Crippen MR) is 144 cm³/mol. The van der Waals surface area contributed by atoms with E-state index in [0.717, 1.165) is 23.3 Å². The maximum absolute atomic E-state index is 13.5. The van der Waals surface area contributed by atoms with Crippen molar-refractivity contribution in [3.63, 3.8) is 0 Å². The molecule has 1 fully saturated rings. The number of fused-ring (bicyclic) bond motifs is 1. The van der Waals surface area contributed by atoms with Crippen LogP contribution in [-0.4, -0.2) is 47.7 Å². The Balaban J connectivity index is 1.57. The molecule has 0 spiro atoms. The van der Waals surface area contributed by atoms with Gasteiger partial charge in [-0.05, 0) is 49.1 Å². The van der Waals surface area contributed by atoms with Crippen molar-refractivity contribution < 1.29 is 17.9 Å². The van der Waals surface area contributed by atoms with Gasteiger partial charge in [-0.25, -0.2) is 18.1 Å². The van der Waals surface area contributed by atoms with Crippen LogP contribution in [0.15, 0.2) is 54.6 Å². The number of nitrogens with zero attached hydrogens (tertiary/aromatic N) is 3. The van der Waals surface area contributed by atoms with Crippen molar-refractivity contribution in [3.8, 4) is 17.0 Å². The van der Waals surface area contributed by atoms with Crippen molar-refractivity contribution >= 4 is 26.8 Å². The Bertz CT molecular complexity index is 1560. The molecule has 0 aliphatic carbocycles. The molecule has 37 heavy (non-hydrogen) atoms. The number of carbonyl (C=O) groups excluding carboxylic acids is 1. The Hall–Kier alpha value is -3.72. The van der Waals surface area contributed by atoms with E-state index in [-0.39, 0.29) is 23.5 Å². The highest BCUT2D eigenvalue weighted by Gasteiger charge is 2.32. The van der Waals surface area contributed by atoms with E-state index in [1.165, 1.54) is 5.56 Å². The van der Waals surface area contributed by atoms with Crippen molar-refractivity contribution in [2.75, 3.05) is 18.6 Å². The van der Waals surface area contributed by atoms with Crippen LogP contribution >= 0.6 is 0 Å². The van der Waals surface area contributed by atoms with Crippen LogP contribution in [0.2, 0.25) is 0 Å². The zero-order valence-corrected chi connectivity index (χ0v) is 22.0. The second-order valence-electron chi connectivity index (χ2n) is 9.42. The molecule has 0 radical (unpaired) electrons. The minimum Gasteiger partial charge on any atom is -0.497 e. The van der Waals surface area contributed by atoms with Crippen LogP contribution in [-0.2, 0) is 22.8 Å². The molecular weight excluding hydrogens is 488 g/mol. The van der Waals surface area contributed by atoms with Crippen LogP contribution in [0, 0.1) is 6.92 Å². The van der Waals surface area contributed by atoms with E-state index in [1.54, 1.807) is 17.9 Å². The second-order valence-corrected chi connectivity index (χ2v) is 11.7. The summed E-state index contributed by atoms with van der Waals surface area (Å²) in [5.74, 6) is 0.670. The van der Waals surface area contributed by atoms with E-state index in [1.807, 2.05) is 43.3 Å². The summed E-state index contributed by atoms with van der Waals surface area (Å²) in [6.45, 7) is 4.28. The monoisotopic (exact) mass is 518 g/mol. The molecule has 1 amide bonds. The highest BCUT2D eigenvalue weighted by molar-refractivity contribution is 7.91. The molecule has 192 valence electrons. The molecule has 0 saturated carbocycles. The number of carbonyl (C=O) groups is 1. The summed E-state index contributed by atoms with van der Waals surface area (Å²) >= 11 is 0. The van der Waals surface area contributed by atoms with E-state index in [0.29, 0.717) is 41.0 Å². The smallest absolute Gasteiger partial charge is 0.252 e. The lowest BCUT2D eigenvalue weighted by molar-refractivity contribution is 0.0952. The summed E-state index contributed by atoms with van der Waals surface area (Å²) in [6, 6.07) is 17.1. The summed E-state index contributed by atoms with van der Waals surface area (Å²) in [6.07, 6.45) is 1.41. The van der Waals surface area contributed by atoms with E-state index in [9.17, 15) is 13.2 Å². The first-order valence-corrected chi connectivity index (χ1v) is 14.2. The Kier molecular flexibility index (Phi) is 6.72. The fourth-order valence-corrected chi connectivity index (χ4v) is 6.49. The van der Waals surface area contributed by atoms with Gasteiger partial charge in [0, 0.05) is 12.1 Å². The third-order valence-corrected chi connectivity index (χ3v) is 8.66. The fourth-order valence-electron chi connectivity index (χ4n) is 4.80. The van der Waals surface area contributed by atoms with Crippen LogP contribution < -0.4 is 10.1 Å². The van der Waals surface area contributed by atoms with Gasteiger partial charge in [-0.2, -0.15) is 5.10 Å². The summed E-state index contributed by atoms with van der Waals surface area (Å²) in [5, 5.41) is 8.34. The maximum Gasteiger partial charge on any atom is 0.252 e. The molecule has 9 heteroatoms. The normalized spacial score (nSPS) is 16.7. The van der Waals surface area contributed by atoms with Gasteiger partial charge in [0.05, 0.1) is 47.0 Å². The molecule has 1 aliphatic heterocycles. The van der Waals surface area contributed by atoms with E-state index in [2.05, 4.69) is 29.5 Å². The van der Waals surface area contributed by atoms with Gasteiger partial charge in [0.1, 0.15) is 5.75 Å². The zero-order chi connectivity index (χ0) is 26.2. The lowest BCUT2D eigenvalue weighted by atomic mass is 10.0. The first kappa shape index (κ1) is 25.0. The van der Waals surface area contributed by atoms with Crippen molar-refractivity contribution in [2.24, 2.45) is 0 Å². The topological polar surface area (TPSA) is 103 Å². The number of aromatic nitrogens is 3. The van der Waals surface area contributed by atoms with Gasteiger partial charge in [-0.1, -0.05) is 43.3 Å². The molecule has 1 unspecified atom stereocenters. The standard InChI is InChI=1S/C28H30N4O4S/c1-4-19-5-9-21(10-6-19)25-15-24(28(33)29-16-20-7-11-23(36-3)12-8-20)26-18(2)31-32(27(26)30-25)22-13-14-37(34,35)17-22/h5-12,15,22H,4,13-14,16-17H2,1-3H3,(H,29,33). The number of nitrogens with one attached hydrogen (secondary N) is 1. The molecule has 0 bridgehead atoms. The van der Waals surface area contributed by atoms with Gasteiger partial charge in [0.2, 0.25) is 0 Å². The molecule has 5 rings (SSSR count). The molecule has 1 N–H and O–H groups in total. The number of ether oxygens (including phenoxy) is 1. The average molecular weight is 519 g/mol. The van der Waals surface area contributed by atoms with Crippen molar-refractivity contribution in [3.05, 3.63) is 77.0 Å². The first-order valence-electron chi connectivity index (χ1n) is 12.4. The number of hydrogen-bond donors (Lipinski definition) is 1. The fraction of sp³-hybridized carbons (Fsp3) is 0.321. The van der Waals surface area contributed by atoms with Crippen molar-refractivity contribution in [1.82, 2.24) is 20.1 Å². The second kappa shape index (κ2) is 9.97. The summed E-state index contributed by atoms with van der Waals surface area (Å²) in [5.41, 5.74) is 5.33. The molecule has 3 heterocycles. The third-order valence-electron chi connectivity index (χ3n) is 6.91. The van der Waals surface area contributed by atoms with Crippen molar-refractivity contribution in [1.29, 1.82) is 0 Å². The van der Waals surface area contributed by atoms with E-state index < -0.39 is 9.84 Å². The first-order chi connectivity index (χ1) is 17.8. The lowest BCUT2D eigenvalue weighted by Gasteiger charge is -2.13. The molecule has 1 aliphatic rings. The molecule has 1 atom stereocenters. The molecule has 1 saturated heterocycles. The van der Waals surface area contributed by atoms with Crippen LogP contribution in [0.25, 0.3) is 22.3 Å². The molecular formula is C28H30N4O4S. The lowest BCUT2D eigenvalue weighted by Crippen LogP contribution is -2.23. The Labute approximate surface area is 216 Å². The zero-order valence-electron chi connectivity index (χ0n) is 21.2. The molecule has 2 aromatic heterocycles. The number of amides is 1. The SMILES string of the molecule is CCc1ccc(-c2cc(C(=O)NCc3ccc(OC)cc3)c3c(C)nn(C4CCS(=O)(=O)C4)c3n2)cc1. The quantitative estimate of drug-likeness (QED) is 0.392. The van der Waals surface area contributed by atoms with E-state index >= 15 is 0 Å². The Morgan fingerprint density at radius 3 is 2.43 bits per heavy atom. The largest absolute Gasteiger partial charge is 0.497 e. The number of rotatable bonds is 7. The van der Waals surface area contributed by atoms with Gasteiger partial charge in [0.25, 0.3) is 5.91 Å². The highest BCUT2D eigenvalue weighted by Crippen LogP contribution is 2.32. The number of benzene rings is 2. The van der Waals surface area contributed by atoms with Gasteiger partial charge in [-0.15, -0.1) is 0 Å². The van der Waals surface area contributed by atoms with Crippen LogP contribution in [0.3, 0.4) is 0 Å². The number of aryl methyl sites for hydroxylation is 2. The minimum atomic E-state index is -3.12. The van der Waals surface area contributed by atoms with Crippen LogP contribution in [0.4, 0.5) is 0 Å². The maximum atomic E-state index is 13.5. The number of methoxy groups -OCH3 is 1. The minimum absolute atomic E-state index is 0.0271.